The van der Waals surface area contributed by atoms with Gasteiger partial charge in [0.1, 0.15) is 21.7 Å². The van der Waals surface area contributed by atoms with E-state index in [9.17, 15) is 44.0 Å². The molecule has 0 aromatic heterocycles. The number of allylic oxidation sites excluding steroid dienone is 4. The minimum absolute atomic E-state index is 0. The number of hydrogen-bond donors (Lipinski definition) is 0. The van der Waals surface area contributed by atoms with Gasteiger partial charge in [0, 0.05) is 66.4 Å². The van der Waals surface area contributed by atoms with Crippen LogP contribution in [0, 0.1) is 115 Å². The Bertz CT molecular complexity index is 3570. The summed E-state index contributed by atoms with van der Waals surface area (Å²) in [5.74, 6) is 1.23. The molecule has 1 aliphatic carbocycles. The van der Waals surface area contributed by atoms with Crippen molar-refractivity contribution in [3.05, 3.63) is 180 Å². The molecule has 0 saturated carbocycles. The van der Waals surface area contributed by atoms with Gasteiger partial charge in [-0.2, -0.15) is 5.11 Å². The first-order valence-electron chi connectivity index (χ1n) is 40.8. The normalized spacial score (nSPS) is 14.7. The van der Waals surface area contributed by atoms with Crippen molar-refractivity contribution >= 4 is 77.9 Å². The second-order valence-corrected chi connectivity index (χ2v) is 39.7. The number of nitrogens with zero attached hydrogens (tertiary/aromatic N) is 5. The van der Waals surface area contributed by atoms with Gasteiger partial charge in [-0.25, -0.2) is 39.4 Å². The number of fused-ring (bicyclic) bond motifs is 1. The van der Waals surface area contributed by atoms with Crippen molar-refractivity contribution in [1.82, 2.24) is 14.8 Å². The molecule has 21 heteroatoms. The highest BCUT2D eigenvalue weighted by molar-refractivity contribution is 7.91. The van der Waals surface area contributed by atoms with Crippen LogP contribution in [0.3, 0.4) is 0 Å². The molecule has 0 bridgehead atoms. The zero-order chi connectivity index (χ0) is 88.1. The molecule has 4 aliphatic rings. The molecule has 2 fully saturated rings. The number of sulfone groups is 2. The fraction of sp³-hybridized carbons (Fsp3) is 0.634. The van der Waals surface area contributed by atoms with E-state index in [1.807, 2.05) is 96.7 Å². The molecular weight excluding hydrogens is 1560 g/mol. The molecule has 3 aliphatic heterocycles. The quantitative estimate of drug-likeness (QED) is 0.0460. The Morgan fingerprint density at radius 1 is 0.509 bits per heavy atom. The van der Waals surface area contributed by atoms with Crippen LogP contribution >= 0.6 is 46.4 Å². The smallest absolute Gasteiger partial charge is 0.253 e. The number of benzene rings is 4. The third-order valence-corrected chi connectivity index (χ3v) is 21.8. The van der Waals surface area contributed by atoms with Gasteiger partial charge >= 0.3 is 0 Å². The Morgan fingerprint density at radius 3 is 1.39 bits per heavy atom. The van der Waals surface area contributed by atoms with E-state index in [4.69, 9.17) is 46.4 Å². The monoisotopic (exact) mass is 1720 g/mol. The van der Waals surface area contributed by atoms with Gasteiger partial charge in [0.25, 0.3) is 5.91 Å². The number of aryl methyl sites for hydroxylation is 1. The maximum Gasteiger partial charge on any atom is 0.253 e. The summed E-state index contributed by atoms with van der Waals surface area (Å²) >= 11 is 24.3. The molecule has 2 saturated heterocycles. The first kappa shape index (κ1) is 115. The van der Waals surface area contributed by atoms with E-state index in [0.29, 0.717) is 61.5 Å². The summed E-state index contributed by atoms with van der Waals surface area (Å²) in [6.45, 7) is 69.1. The maximum absolute atomic E-state index is 13.4. The molecule has 8 rings (SSSR count). The van der Waals surface area contributed by atoms with Gasteiger partial charge in [-0.05, 0) is 160 Å². The number of rotatable bonds is 21. The van der Waals surface area contributed by atoms with Crippen molar-refractivity contribution in [2.45, 2.75) is 276 Å². The van der Waals surface area contributed by atoms with Crippen LogP contribution < -0.4 is 0 Å². The summed E-state index contributed by atoms with van der Waals surface area (Å²) in [5.41, 5.74) is 5.69. The molecule has 3 heterocycles. The molecule has 0 radical (unpaired) electrons. The van der Waals surface area contributed by atoms with E-state index in [0.717, 1.165) is 78.3 Å². The van der Waals surface area contributed by atoms with Crippen molar-refractivity contribution in [3.8, 4) is 0 Å². The fourth-order valence-corrected chi connectivity index (χ4v) is 15.7. The molecule has 2 atom stereocenters. The third-order valence-electron chi connectivity index (χ3n) is 16.5. The largest absolute Gasteiger partial charge is 0.375 e. The molecule has 0 N–H and O–H groups in total. The van der Waals surface area contributed by atoms with Gasteiger partial charge in [-0.1, -0.05) is 330 Å². The van der Waals surface area contributed by atoms with Crippen molar-refractivity contribution < 1.29 is 44.0 Å². The van der Waals surface area contributed by atoms with E-state index in [1.54, 1.807) is 26.0 Å². The first-order valence-corrected chi connectivity index (χ1v) is 46.1. The van der Waals surface area contributed by atoms with Gasteiger partial charge in [-0.3, -0.25) is 9.59 Å². The lowest BCUT2D eigenvalue weighted by Crippen LogP contribution is -2.41. The van der Waals surface area contributed by atoms with Crippen molar-refractivity contribution in [1.29, 1.82) is 0 Å². The molecule has 114 heavy (non-hydrogen) atoms. The van der Waals surface area contributed by atoms with Gasteiger partial charge in [-0.15, -0.1) is 0 Å². The Balaban J connectivity index is -0.000000595. The minimum atomic E-state index is -3.08. The van der Waals surface area contributed by atoms with Crippen LogP contribution in [0.5, 0.6) is 0 Å². The average Bonchev–Trinajstić information content (AvgIpc) is 0.862. The number of hydrogen-bond acceptors (Lipinski definition) is 9. The second kappa shape index (κ2) is 60.4. The molecule has 2 amide bonds. The van der Waals surface area contributed by atoms with Gasteiger partial charge in [0.2, 0.25) is 5.91 Å². The Kier molecular flexibility index (Phi) is 61.1. The van der Waals surface area contributed by atoms with Crippen LogP contribution in [0.1, 0.15) is 259 Å². The van der Waals surface area contributed by atoms with E-state index in [1.165, 1.54) is 74.1 Å². The van der Waals surface area contributed by atoms with Crippen LogP contribution in [0.15, 0.2) is 119 Å². The van der Waals surface area contributed by atoms with Crippen molar-refractivity contribution in [2.24, 2.45) is 81.4 Å². The zero-order valence-electron chi connectivity index (χ0n) is 74.8. The van der Waals surface area contributed by atoms with Crippen molar-refractivity contribution in [2.75, 3.05) is 43.9 Å². The zero-order valence-corrected chi connectivity index (χ0v) is 79.4. The highest BCUT2D eigenvalue weighted by Gasteiger charge is 2.34. The molecule has 654 valence electrons. The number of carbonyl (C=O) groups excluding carboxylic acids is 2. The summed E-state index contributed by atoms with van der Waals surface area (Å²) in [6.07, 6.45) is 19.0. The van der Waals surface area contributed by atoms with Gasteiger partial charge in [0.05, 0.1) is 37.4 Å². The van der Waals surface area contributed by atoms with Crippen molar-refractivity contribution in [3.63, 3.8) is 0 Å². The van der Waals surface area contributed by atoms with Gasteiger partial charge < -0.3 is 9.80 Å². The van der Waals surface area contributed by atoms with Crippen LogP contribution in [0.25, 0.3) is 0 Å². The third kappa shape index (κ3) is 50.0. The predicted molar refractivity (Wildman–Crippen MR) is 486 cm³/mol. The lowest BCUT2D eigenvalue weighted by molar-refractivity contribution is -0.137. The summed E-state index contributed by atoms with van der Waals surface area (Å²) in [5, 5.41) is 11.5. The highest BCUT2D eigenvalue weighted by atomic mass is 35.5. The standard InChI is InChI=1S/C11H12Cl4.C11H12F4.C11H15N3O.C11H16O2S.C10H14.C9H15NO.C9H17N.C7H16.C6H14.C5H12O2S.C2H6.CH4/c2*1-5(2)4-7-8(12)6(3)9(13)11(15)10(7)14;1-8(2)7-14-11(15)9-5-3-4-6-10(9)12-13-14;1-9(2)8-14(12,13)11-6-4-10(3)5-7-11;1-9(2)8-10-6-4-3-5-7-10;1-7(2)6-10-8(3)4-5-9(10)11;1-8(2)7-10-6-4-5-9(10)3;1-6(2)5-7(3)4;1-4-5-6(2)3;1-5(2)4-8(3,6)7;1-2;/h2*5H,4H2,1-3H3;3-6,8-10H,7H2,1-2H3;4-7,9H,8H2,1-3H3;3-7,9H,8H2,1-2H3;7H,3-6H2,1-2H3;8H,3-7H2,1-2H3;6-7H,5H2,1-4H3;6H,4-5H2,1-3H3;5H,4H2,1-3H3;1-2H3;1H4. The molecule has 0 spiro atoms. The molecule has 4 aromatic rings. The Morgan fingerprint density at radius 2 is 1.00 bits per heavy atom. The lowest BCUT2D eigenvalue weighted by atomic mass is 9.94. The van der Waals surface area contributed by atoms with Crippen LogP contribution in [0.4, 0.5) is 17.6 Å². The summed E-state index contributed by atoms with van der Waals surface area (Å²) in [4.78, 5) is 27.8. The molecule has 4 aromatic carbocycles. The molecular formula is C93H153Cl4F4N5O6S2. The number of halogens is 8. The SMILES string of the molecule is C.C=C1CCC(=O)N1CC(C)C.C=C1CCCN1CC(C)C.CC.CC(C)CC(C)C.CC(C)CN1N=NC2C=CC=CC2C1=O.CC(C)CS(C)(=O)=O.CC(C)Cc1ccccc1.CCCC(C)C.Cc1c(Cl)c(Cl)c(Cl)c(CC(C)C)c1Cl.Cc1c(F)c(F)c(F)c(CC(C)C)c1F.Cc1ccc(S(=O)(=O)CC(C)C)cc1. The summed E-state index contributed by atoms with van der Waals surface area (Å²) in [7, 11) is -5.80. The van der Waals surface area contributed by atoms with Crippen LogP contribution in [-0.2, 0) is 48.5 Å². The van der Waals surface area contributed by atoms with Crippen LogP contribution in [0.2, 0.25) is 20.1 Å². The summed E-state index contributed by atoms with van der Waals surface area (Å²) < 4.78 is 96.9. The molecule has 11 nitrogen and oxygen atoms in total. The van der Waals surface area contributed by atoms with Crippen LogP contribution in [-0.4, -0.2) is 93.4 Å². The Hall–Kier alpha value is -5.04. The first-order chi connectivity index (χ1) is 52.2. The van der Waals surface area contributed by atoms with E-state index in [2.05, 4.69) is 176 Å². The maximum atomic E-state index is 13.4. The molecule has 2 unspecified atom stereocenters. The van der Waals surface area contributed by atoms with E-state index in [-0.39, 0.29) is 66.7 Å². The highest BCUT2D eigenvalue weighted by Crippen LogP contribution is 2.42. The minimum Gasteiger partial charge on any atom is -0.375 e. The topological polar surface area (TPSA) is 137 Å². The number of carbonyl (C=O) groups is 2. The van der Waals surface area contributed by atoms with E-state index < -0.39 is 48.5 Å². The second-order valence-electron chi connectivity index (χ2n) is 34.0. The lowest BCUT2D eigenvalue weighted by Gasteiger charge is -2.29. The number of likely N-dealkylation sites (tertiary alicyclic amines) is 2. The fourth-order valence-electron chi connectivity index (χ4n) is 11.8. The van der Waals surface area contributed by atoms with E-state index >= 15 is 0 Å². The number of amides is 2. The predicted octanol–water partition coefficient (Wildman–Crippen LogP) is 28.3. The van der Waals surface area contributed by atoms with Gasteiger partial charge in [0.15, 0.2) is 27.3 Å². The Labute approximate surface area is 713 Å². The average molecular weight is 1720 g/mol. The summed E-state index contributed by atoms with van der Waals surface area (Å²) in [6, 6.07) is 17.5.